The van der Waals surface area contributed by atoms with Gasteiger partial charge in [-0.15, -0.1) is 0 Å². The molecule has 4 aromatic rings. The first-order valence-corrected chi connectivity index (χ1v) is 17.9. The summed E-state index contributed by atoms with van der Waals surface area (Å²) in [6.45, 7) is 4.23. The molecule has 2 saturated carbocycles. The summed E-state index contributed by atoms with van der Waals surface area (Å²) in [5.41, 5.74) is 6.46. The van der Waals surface area contributed by atoms with Crippen molar-refractivity contribution in [3.63, 3.8) is 0 Å². The Labute approximate surface area is 296 Å². The molecule has 8 nitrogen and oxygen atoms in total. The fourth-order valence-corrected chi connectivity index (χ4v) is 7.74. The molecule has 51 heavy (non-hydrogen) atoms. The highest BCUT2D eigenvalue weighted by Crippen LogP contribution is 2.40. The number of carboxylic acids is 2. The number of carbonyl (C=O) groups is 3. The Balaban J connectivity index is 0.000000654. The minimum absolute atomic E-state index is 0.0730. The lowest BCUT2D eigenvalue weighted by atomic mass is 9.71. The van der Waals surface area contributed by atoms with E-state index >= 15 is 0 Å². The Morgan fingerprint density at radius 1 is 0.863 bits per heavy atom. The second-order valence-electron chi connectivity index (χ2n) is 13.8. The van der Waals surface area contributed by atoms with Crippen molar-refractivity contribution in [3.05, 3.63) is 77.6 Å². The molecule has 2 aliphatic rings. The molecule has 0 bridgehead atoms. The summed E-state index contributed by atoms with van der Waals surface area (Å²) in [5, 5.41) is 20.3. The number of aryl methyl sites for hydroxylation is 1. The van der Waals surface area contributed by atoms with E-state index in [-0.39, 0.29) is 17.4 Å². The van der Waals surface area contributed by atoms with Crippen LogP contribution in [0.1, 0.15) is 99.3 Å². The molecule has 3 aromatic carbocycles. The van der Waals surface area contributed by atoms with E-state index < -0.39 is 18.1 Å². The number of carboxylic acid groups (broad SMARTS) is 2. The summed E-state index contributed by atoms with van der Waals surface area (Å²) < 4.78 is 33.9. The quantitative estimate of drug-likeness (QED) is 0.159. The molecular weight excluding hydrogens is 659 g/mol. The number of nitrogens with one attached hydrogen (secondary N) is 1. The zero-order valence-corrected chi connectivity index (χ0v) is 29.1. The van der Waals surface area contributed by atoms with Gasteiger partial charge in [0.05, 0.1) is 22.3 Å². The molecule has 0 atom stereocenters. The predicted octanol–water partition coefficient (Wildman–Crippen LogP) is 10.0. The molecule has 0 spiro atoms. The normalized spacial score (nSPS) is 18.1. The number of carbonyl (C=O) groups excluding carboxylic acids is 1. The van der Waals surface area contributed by atoms with Crippen LogP contribution in [-0.4, -0.2) is 43.8 Å². The maximum absolute atomic E-state index is 13.4. The Bertz CT molecular complexity index is 1850. The third kappa shape index (κ3) is 8.98. The van der Waals surface area contributed by atoms with Crippen LogP contribution in [0.4, 0.5) is 18.9 Å². The number of hydrogen-bond donors (Lipinski definition) is 3. The number of aliphatic carboxylic acids is 1. The Morgan fingerprint density at radius 3 is 2.16 bits per heavy atom. The van der Waals surface area contributed by atoms with Gasteiger partial charge >= 0.3 is 18.1 Å². The summed E-state index contributed by atoms with van der Waals surface area (Å²) in [6.07, 6.45) is 9.03. The van der Waals surface area contributed by atoms with Crippen LogP contribution in [0, 0.1) is 24.7 Å². The highest BCUT2D eigenvalue weighted by Gasteiger charge is 2.38. The van der Waals surface area contributed by atoms with Crippen LogP contribution < -0.4 is 5.32 Å². The van der Waals surface area contributed by atoms with Gasteiger partial charge in [-0.3, -0.25) is 9.36 Å². The van der Waals surface area contributed by atoms with Crippen molar-refractivity contribution in [1.82, 2.24) is 9.55 Å². The van der Waals surface area contributed by atoms with Crippen molar-refractivity contribution in [3.8, 4) is 16.8 Å². The van der Waals surface area contributed by atoms with Gasteiger partial charge in [-0.25, -0.2) is 14.6 Å². The van der Waals surface area contributed by atoms with Gasteiger partial charge in [0.2, 0.25) is 5.91 Å². The Morgan fingerprint density at radius 2 is 1.51 bits per heavy atom. The fourth-order valence-electron chi connectivity index (χ4n) is 7.74. The van der Waals surface area contributed by atoms with Crippen molar-refractivity contribution < 1.29 is 37.8 Å². The highest BCUT2D eigenvalue weighted by molar-refractivity contribution is 5.97. The third-order valence-corrected chi connectivity index (χ3v) is 10.4. The van der Waals surface area contributed by atoms with Crippen molar-refractivity contribution in [1.29, 1.82) is 0 Å². The zero-order valence-electron chi connectivity index (χ0n) is 29.1. The van der Waals surface area contributed by atoms with Crippen LogP contribution in [-0.2, 0) is 16.0 Å². The molecule has 2 fully saturated rings. The number of hydrogen-bond acceptors (Lipinski definition) is 4. The third-order valence-electron chi connectivity index (χ3n) is 10.4. The van der Waals surface area contributed by atoms with Gasteiger partial charge in [0.15, 0.2) is 0 Å². The van der Waals surface area contributed by atoms with Crippen LogP contribution >= 0.6 is 0 Å². The minimum Gasteiger partial charge on any atom is -0.478 e. The number of benzene rings is 3. The van der Waals surface area contributed by atoms with E-state index in [1.807, 2.05) is 43.3 Å². The van der Waals surface area contributed by atoms with Crippen molar-refractivity contribution >= 4 is 34.6 Å². The second-order valence-corrected chi connectivity index (χ2v) is 13.8. The number of unbranched alkanes of at least 4 members (excludes halogenated alkanes) is 1. The summed E-state index contributed by atoms with van der Waals surface area (Å²) in [7, 11) is 0. The number of nitrogens with zero attached hydrogens (tertiary/aromatic N) is 2. The van der Waals surface area contributed by atoms with Crippen LogP contribution in [0.5, 0.6) is 0 Å². The maximum atomic E-state index is 13.4. The molecule has 1 aromatic heterocycles. The number of alkyl halides is 3. The average Bonchev–Trinajstić information content (AvgIpc) is 3.48. The summed E-state index contributed by atoms with van der Waals surface area (Å²) in [6, 6.07) is 19.3. The molecule has 3 N–H and O–H groups in total. The molecule has 1 heterocycles. The van der Waals surface area contributed by atoms with Gasteiger partial charge in [0.1, 0.15) is 5.82 Å². The van der Waals surface area contributed by atoms with E-state index in [0.29, 0.717) is 5.56 Å². The Hall–Kier alpha value is -4.67. The number of fused-ring (bicyclic) bond motifs is 1. The SMILES string of the molecule is CCCCc1nc2ccc(NC(=O)C3CCC(C4CCCCC4)CC3)cc2n1-c1cccc(-c2ccccc2C(=O)O)c1C.O=C(O)C(F)(F)F. The zero-order chi connectivity index (χ0) is 36.7. The van der Waals surface area contributed by atoms with E-state index in [4.69, 9.17) is 14.9 Å². The van der Waals surface area contributed by atoms with Gasteiger partial charge in [-0.1, -0.05) is 75.8 Å². The standard InChI is InChI=1S/C38H45N3O3.C2HF3O2/c1-3-4-17-36-40-33-23-22-29(39-37(42)28-20-18-27(19-21-28)26-11-6-5-7-12-26)24-35(33)41(36)34-16-10-15-30(25(34)2)31-13-8-9-14-32(31)38(43)44;3-2(4,5)1(6)7/h8-10,13-16,22-24,26-28H,3-7,11-12,17-21H2,1-2H3,(H,39,42)(H,43,44);(H,6,7). The molecule has 0 saturated heterocycles. The number of rotatable bonds is 9. The molecule has 0 radical (unpaired) electrons. The number of aromatic nitrogens is 2. The van der Waals surface area contributed by atoms with Gasteiger partial charge in [-0.05, 0) is 97.9 Å². The number of anilines is 1. The molecule has 0 unspecified atom stereocenters. The molecular formula is C40H46F3N3O5. The lowest BCUT2D eigenvalue weighted by molar-refractivity contribution is -0.192. The summed E-state index contributed by atoms with van der Waals surface area (Å²) in [4.78, 5) is 39.4. The molecule has 6 rings (SSSR count). The van der Waals surface area contributed by atoms with Crippen LogP contribution in [0.2, 0.25) is 0 Å². The first-order valence-electron chi connectivity index (χ1n) is 17.9. The minimum atomic E-state index is -5.08. The first-order chi connectivity index (χ1) is 24.4. The molecule has 0 aliphatic heterocycles. The molecule has 1 amide bonds. The van der Waals surface area contributed by atoms with Crippen molar-refractivity contribution in [2.24, 2.45) is 17.8 Å². The fraction of sp³-hybridized carbons (Fsp3) is 0.450. The summed E-state index contributed by atoms with van der Waals surface area (Å²) >= 11 is 0. The topological polar surface area (TPSA) is 122 Å². The number of halogens is 3. The maximum Gasteiger partial charge on any atom is 0.490 e. The largest absolute Gasteiger partial charge is 0.490 e. The smallest absolute Gasteiger partial charge is 0.478 e. The highest BCUT2D eigenvalue weighted by atomic mass is 19.4. The van der Waals surface area contributed by atoms with Gasteiger partial charge < -0.3 is 15.5 Å². The van der Waals surface area contributed by atoms with E-state index in [1.165, 1.54) is 44.9 Å². The average molecular weight is 706 g/mol. The van der Waals surface area contributed by atoms with Crippen molar-refractivity contribution in [2.75, 3.05) is 5.32 Å². The van der Waals surface area contributed by atoms with Crippen LogP contribution in [0.3, 0.4) is 0 Å². The van der Waals surface area contributed by atoms with Gasteiger partial charge in [0, 0.05) is 18.0 Å². The van der Waals surface area contributed by atoms with E-state index in [9.17, 15) is 27.9 Å². The lowest BCUT2D eigenvalue weighted by Gasteiger charge is -2.35. The van der Waals surface area contributed by atoms with E-state index in [2.05, 4.69) is 28.9 Å². The molecule has 2 aliphatic carbocycles. The number of amides is 1. The van der Waals surface area contributed by atoms with E-state index in [1.54, 1.807) is 12.1 Å². The lowest BCUT2D eigenvalue weighted by Crippen LogP contribution is -2.30. The van der Waals surface area contributed by atoms with Crippen LogP contribution in [0.25, 0.3) is 27.8 Å². The van der Waals surface area contributed by atoms with Gasteiger partial charge in [0.25, 0.3) is 0 Å². The summed E-state index contributed by atoms with van der Waals surface area (Å²) in [5.74, 6) is -0.850. The van der Waals surface area contributed by atoms with Gasteiger partial charge in [-0.2, -0.15) is 13.2 Å². The Kier molecular flexibility index (Phi) is 12.2. The van der Waals surface area contributed by atoms with Crippen molar-refractivity contribution in [2.45, 2.75) is 97.1 Å². The number of imidazole rings is 1. The van der Waals surface area contributed by atoms with E-state index in [0.717, 1.165) is 83.3 Å². The number of aromatic carboxylic acids is 1. The molecule has 272 valence electrons. The second kappa shape index (κ2) is 16.6. The predicted molar refractivity (Wildman–Crippen MR) is 191 cm³/mol. The molecule has 11 heteroatoms. The first kappa shape index (κ1) is 37.6. The monoisotopic (exact) mass is 705 g/mol. The van der Waals surface area contributed by atoms with Crippen LogP contribution in [0.15, 0.2) is 60.7 Å².